The van der Waals surface area contributed by atoms with Gasteiger partial charge in [-0.15, -0.1) is 0 Å². The van der Waals surface area contributed by atoms with Crippen molar-refractivity contribution in [3.8, 4) is 5.75 Å². The number of aromatic nitrogens is 1. The van der Waals surface area contributed by atoms with Crippen LogP contribution in [-0.2, 0) is 5.41 Å². The Labute approximate surface area is 78.9 Å². The molecule has 1 rings (SSSR count). The molecule has 0 spiro atoms. The zero-order chi connectivity index (χ0) is 10.1. The van der Waals surface area contributed by atoms with Crippen molar-refractivity contribution in [2.45, 2.75) is 26.2 Å². The van der Waals surface area contributed by atoms with Gasteiger partial charge in [0, 0.05) is 5.56 Å². The first-order valence-corrected chi connectivity index (χ1v) is 4.25. The molecule has 0 aliphatic heterocycles. The molecule has 0 aliphatic rings. The first-order chi connectivity index (χ1) is 5.95. The van der Waals surface area contributed by atoms with Crippen LogP contribution in [0.25, 0.3) is 0 Å². The lowest BCUT2D eigenvalue weighted by Crippen LogP contribution is -2.13. The van der Waals surface area contributed by atoms with Crippen LogP contribution < -0.4 is 10.5 Å². The molecule has 3 nitrogen and oxygen atoms in total. The standard InChI is InChI=1S/C10H16N2O/c1-10(2,3)7-5-9(11)12-6-8(7)13-4/h5-6H,1-4H3,(H2,11,12). The largest absolute Gasteiger partial charge is 0.495 e. The summed E-state index contributed by atoms with van der Waals surface area (Å²) in [7, 11) is 1.64. The van der Waals surface area contributed by atoms with Crippen molar-refractivity contribution >= 4 is 5.82 Å². The quantitative estimate of drug-likeness (QED) is 0.718. The maximum absolute atomic E-state index is 5.61. The Morgan fingerprint density at radius 2 is 2.00 bits per heavy atom. The molecule has 3 heteroatoms. The van der Waals surface area contributed by atoms with Gasteiger partial charge in [-0.05, 0) is 11.5 Å². The predicted molar refractivity (Wildman–Crippen MR) is 53.9 cm³/mol. The summed E-state index contributed by atoms with van der Waals surface area (Å²) in [5, 5.41) is 0. The number of nitrogen functional groups attached to an aromatic ring is 1. The Kier molecular flexibility index (Phi) is 2.45. The number of nitrogens with zero attached hydrogens (tertiary/aromatic N) is 1. The second-order valence-corrected chi connectivity index (χ2v) is 4.06. The third kappa shape index (κ3) is 2.11. The monoisotopic (exact) mass is 180 g/mol. The fraction of sp³-hybridized carbons (Fsp3) is 0.500. The van der Waals surface area contributed by atoms with E-state index in [-0.39, 0.29) is 5.41 Å². The van der Waals surface area contributed by atoms with Crippen LogP contribution >= 0.6 is 0 Å². The second-order valence-electron chi connectivity index (χ2n) is 4.06. The van der Waals surface area contributed by atoms with Crippen molar-refractivity contribution in [2.75, 3.05) is 12.8 Å². The highest BCUT2D eigenvalue weighted by atomic mass is 16.5. The highest BCUT2D eigenvalue weighted by Gasteiger charge is 2.19. The summed E-state index contributed by atoms with van der Waals surface area (Å²) in [6.45, 7) is 6.35. The zero-order valence-electron chi connectivity index (χ0n) is 8.59. The number of ether oxygens (including phenoxy) is 1. The van der Waals surface area contributed by atoms with E-state index in [0.717, 1.165) is 11.3 Å². The third-order valence-corrected chi connectivity index (χ3v) is 1.92. The second kappa shape index (κ2) is 3.24. The first-order valence-electron chi connectivity index (χ1n) is 4.25. The van der Waals surface area contributed by atoms with Crippen LogP contribution in [0.15, 0.2) is 12.3 Å². The van der Waals surface area contributed by atoms with Gasteiger partial charge in [0.1, 0.15) is 11.6 Å². The molecule has 0 radical (unpaired) electrons. The topological polar surface area (TPSA) is 48.1 Å². The molecule has 0 atom stereocenters. The Bertz CT molecular complexity index is 302. The van der Waals surface area contributed by atoms with Crippen LogP contribution in [0.2, 0.25) is 0 Å². The molecule has 0 fully saturated rings. The van der Waals surface area contributed by atoms with Crippen molar-refractivity contribution < 1.29 is 4.74 Å². The first kappa shape index (κ1) is 9.84. The SMILES string of the molecule is COc1cnc(N)cc1C(C)(C)C. The third-order valence-electron chi connectivity index (χ3n) is 1.92. The van der Waals surface area contributed by atoms with E-state index in [2.05, 4.69) is 25.8 Å². The smallest absolute Gasteiger partial charge is 0.141 e. The van der Waals surface area contributed by atoms with Crippen LogP contribution in [0.5, 0.6) is 5.75 Å². The summed E-state index contributed by atoms with van der Waals surface area (Å²) in [4.78, 5) is 3.98. The van der Waals surface area contributed by atoms with Crippen LogP contribution in [0.3, 0.4) is 0 Å². The van der Waals surface area contributed by atoms with E-state index in [1.165, 1.54) is 0 Å². The summed E-state index contributed by atoms with van der Waals surface area (Å²) in [5.41, 5.74) is 6.73. The number of hydrogen-bond donors (Lipinski definition) is 1. The van der Waals surface area contributed by atoms with Gasteiger partial charge in [0.2, 0.25) is 0 Å². The molecule has 0 saturated heterocycles. The van der Waals surface area contributed by atoms with Crippen LogP contribution in [0.1, 0.15) is 26.3 Å². The molecule has 1 aromatic heterocycles. The lowest BCUT2D eigenvalue weighted by Gasteiger charge is -2.21. The minimum absolute atomic E-state index is 0.0302. The summed E-state index contributed by atoms with van der Waals surface area (Å²) in [6.07, 6.45) is 1.66. The van der Waals surface area contributed by atoms with E-state index >= 15 is 0 Å². The van der Waals surface area contributed by atoms with Crippen molar-refractivity contribution in [1.29, 1.82) is 0 Å². The van der Waals surface area contributed by atoms with E-state index in [1.807, 2.05) is 6.07 Å². The zero-order valence-corrected chi connectivity index (χ0v) is 8.59. The van der Waals surface area contributed by atoms with Gasteiger partial charge in [0.15, 0.2) is 0 Å². The lowest BCUT2D eigenvalue weighted by atomic mass is 9.87. The molecule has 0 aliphatic carbocycles. The molecule has 0 amide bonds. The maximum atomic E-state index is 5.61. The number of methoxy groups -OCH3 is 1. The van der Waals surface area contributed by atoms with Crippen LogP contribution in [0, 0.1) is 0 Å². The Balaban J connectivity index is 3.24. The number of pyridine rings is 1. The summed E-state index contributed by atoms with van der Waals surface area (Å²) < 4.78 is 5.21. The summed E-state index contributed by atoms with van der Waals surface area (Å²) in [5.74, 6) is 1.33. The number of hydrogen-bond acceptors (Lipinski definition) is 3. The van der Waals surface area contributed by atoms with Gasteiger partial charge in [-0.1, -0.05) is 20.8 Å². The minimum Gasteiger partial charge on any atom is -0.495 e. The molecular weight excluding hydrogens is 164 g/mol. The van der Waals surface area contributed by atoms with E-state index in [4.69, 9.17) is 10.5 Å². The van der Waals surface area contributed by atoms with E-state index in [1.54, 1.807) is 13.3 Å². The van der Waals surface area contributed by atoms with Gasteiger partial charge < -0.3 is 10.5 Å². The highest BCUT2D eigenvalue weighted by molar-refractivity contribution is 5.44. The van der Waals surface area contributed by atoms with Crippen molar-refractivity contribution in [1.82, 2.24) is 4.98 Å². The van der Waals surface area contributed by atoms with E-state index in [9.17, 15) is 0 Å². The Morgan fingerprint density at radius 3 is 2.46 bits per heavy atom. The Hall–Kier alpha value is -1.25. The normalized spacial score (nSPS) is 11.4. The van der Waals surface area contributed by atoms with Gasteiger partial charge in [-0.2, -0.15) is 0 Å². The molecule has 0 bridgehead atoms. The Morgan fingerprint density at radius 1 is 1.38 bits per heavy atom. The van der Waals surface area contributed by atoms with Crippen molar-refractivity contribution in [3.05, 3.63) is 17.8 Å². The van der Waals surface area contributed by atoms with Gasteiger partial charge in [-0.25, -0.2) is 4.98 Å². The van der Waals surface area contributed by atoms with Gasteiger partial charge in [-0.3, -0.25) is 0 Å². The van der Waals surface area contributed by atoms with Crippen LogP contribution in [0.4, 0.5) is 5.82 Å². The molecule has 0 saturated carbocycles. The molecule has 0 unspecified atom stereocenters. The fourth-order valence-corrected chi connectivity index (χ4v) is 1.21. The van der Waals surface area contributed by atoms with Gasteiger partial charge in [0.25, 0.3) is 0 Å². The average molecular weight is 180 g/mol. The lowest BCUT2D eigenvalue weighted by molar-refractivity contribution is 0.395. The molecule has 1 heterocycles. The van der Waals surface area contributed by atoms with Gasteiger partial charge >= 0.3 is 0 Å². The summed E-state index contributed by atoms with van der Waals surface area (Å²) >= 11 is 0. The molecule has 72 valence electrons. The molecule has 13 heavy (non-hydrogen) atoms. The number of nitrogens with two attached hydrogens (primary N) is 1. The van der Waals surface area contributed by atoms with E-state index in [0.29, 0.717) is 5.82 Å². The average Bonchev–Trinajstić information content (AvgIpc) is 2.03. The highest BCUT2D eigenvalue weighted by Crippen LogP contribution is 2.31. The summed E-state index contributed by atoms with van der Waals surface area (Å²) in [6, 6.07) is 1.86. The molecular formula is C10H16N2O. The number of rotatable bonds is 1. The van der Waals surface area contributed by atoms with Gasteiger partial charge in [0.05, 0.1) is 13.3 Å². The van der Waals surface area contributed by atoms with Crippen molar-refractivity contribution in [3.63, 3.8) is 0 Å². The molecule has 0 aromatic carbocycles. The maximum Gasteiger partial charge on any atom is 0.141 e. The predicted octanol–water partition coefficient (Wildman–Crippen LogP) is 1.97. The van der Waals surface area contributed by atoms with Crippen molar-refractivity contribution in [2.24, 2.45) is 0 Å². The molecule has 1 aromatic rings. The van der Waals surface area contributed by atoms with Crippen LogP contribution in [-0.4, -0.2) is 12.1 Å². The van der Waals surface area contributed by atoms with E-state index < -0.39 is 0 Å². The fourth-order valence-electron chi connectivity index (χ4n) is 1.21. The minimum atomic E-state index is 0.0302. The molecule has 2 N–H and O–H groups in total. The number of anilines is 1.